The smallest absolute Gasteiger partial charge is 0.238 e. The molecule has 1 aliphatic heterocycles. The van der Waals surface area contributed by atoms with Gasteiger partial charge in [0, 0.05) is 27.8 Å². The molecule has 25 heavy (non-hydrogen) atoms. The third kappa shape index (κ3) is 4.45. The second kappa shape index (κ2) is 8.08. The van der Waals surface area contributed by atoms with Crippen molar-refractivity contribution in [3.05, 3.63) is 58.3 Å². The Morgan fingerprint density at radius 2 is 2.24 bits per heavy atom. The molecule has 0 saturated heterocycles. The number of benzene rings is 1. The van der Waals surface area contributed by atoms with Crippen molar-refractivity contribution < 1.29 is 9.59 Å². The van der Waals surface area contributed by atoms with Gasteiger partial charge in [-0.15, -0.1) is 29.7 Å². The minimum absolute atomic E-state index is 0.0571. The summed E-state index contributed by atoms with van der Waals surface area (Å²) < 4.78 is 0. The minimum atomic E-state index is -0.447. The maximum Gasteiger partial charge on any atom is 0.238 e. The van der Waals surface area contributed by atoms with E-state index in [1.807, 2.05) is 23.6 Å². The van der Waals surface area contributed by atoms with E-state index >= 15 is 0 Å². The number of nitrogens with zero attached hydrogens (tertiary/aromatic N) is 1. The van der Waals surface area contributed by atoms with E-state index in [1.165, 1.54) is 11.8 Å². The highest BCUT2D eigenvalue weighted by Gasteiger charge is 2.30. The largest absolute Gasteiger partial charge is 0.334 e. The van der Waals surface area contributed by atoms with Gasteiger partial charge in [0.25, 0.3) is 0 Å². The van der Waals surface area contributed by atoms with Gasteiger partial charge in [0.15, 0.2) is 0 Å². The summed E-state index contributed by atoms with van der Waals surface area (Å²) in [5, 5.41) is 4.95. The van der Waals surface area contributed by atoms with E-state index in [0.717, 1.165) is 9.77 Å². The van der Waals surface area contributed by atoms with Crippen molar-refractivity contribution in [3.8, 4) is 0 Å². The highest BCUT2D eigenvalue weighted by atomic mass is 35.5. The predicted molar refractivity (Wildman–Crippen MR) is 104 cm³/mol. The van der Waals surface area contributed by atoms with Gasteiger partial charge in [-0.25, -0.2) is 0 Å². The molecule has 1 atom stereocenters. The lowest BCUT2D eigenvalue weighted by Gasteiger charge is -2.26. The molecular weight excluding hydrogens is 376 g/mol. The first kappa shape index (κ1) is 18.0. The van der Waals surface area contributed by atoms with Gasteiger partial charge in [0.2, 0.25) is 11.8 Å². The van der Waals surface area contributed by atoms with E-state index in [0.29, 0.717) is 23.8 Å². The van der Waals surface area contributed by atoms with Crippen LogP contribution in [0.1, 0.15) is 11.3 Å². The number of halogens is 1. The number of hydrogen-bond donors (Lipinski definition) is 1. The SMILES string of the molecule is C=CCN(Cc1cccs1)C(=O)CC1Sc2ccc(Cl)cc2NC1=O. The lowest BCUT2D eigenvalue weighted by Crippen LogP contribution is -2.37. The molecule has 1 aromatic heterocycles. The van der Waals surface area contributed by atoms with Gasteiger partial charge in [-0.3, -0.25) is 9.59 Å². The molecule has 1 aliphatic rings. The highest BCUT2D eigenvalue weighted by molar-refractivity contribution is 8.01. The maximum absolute atomic E-state index is 12.7. The Labute approximate surface area is 159 Å². The predicted octanol–water partition coefficient (Wildman–Crippen LogP) is 4.42. The fourth-order valence-electron chi connectivity index (χ4n) is 2.55. The number of amides is 2. The van der Waals surface area contributed by atoms with Crippen LogP contribution < -0.4 is 5.32 Å². The molecule has 0 bridgehead atoms. The van der Waals surface area contributed by atoms with Crippen molar-refractivity contribution in [3.63, 3.8) is 0 Å². The normalized spacial score (nSPS) is 16.0. The Kier molecular flexibility index (Phi) is 5.83. The van der Waals surface area contributed by atoms with Crippen LogP contribution in [0, 0.1) is 0 Å². The molecule has 1 aromatic carbocycles. The Morgan fingerprint density at radius 3 is 2.96 bits per heavy atom. The molecular formula is C18H17ClN2O2S2. The van der Waals surface area contributed by atoms with Gasteiger partial charge in [-0.1, -0.05) is 23.7 Å². The summed E-state index contributed by atoms with van der Waals surface area (Å²) in [6.07, 6.45) is 1.86. The zero-order valence-corrected chi connectivity index (χ0v) is 15.8. The Morgan fingerprint density at radius 1 is 1.40 bits per heavy atom. The van der Waals surface area contributed by atoms with Gasteiger partial charge in [-0.05, 0) is 29.6 Å². The summed E-state index contributed by atoms with van der Waals surface area (Å²) in [5.74, 6) is -0.221. The van der Waals surface area contributed by atoms with E-state index in [9.17, 15) is 9.59 Å². The van der Waals surface area contributed by atoms with Crippen LogP contribution >= 0.6 is 34.7 Å². The molecule has 0 saturated carbocycles. The summed E-state index contributed by atoms with van der Waals surface area (Å²) in [6, 6.07) is 9.33. The maximum atomic E-state index is 12.7. The molecule has 0 aliphatic carbocycles. The fraction of sp³-hybridized carbons (Fsp3) is 0.222. The van der Waals surface area contributed by atoms with E-state index in [4.69, 9.17) is 11.6 Å². The van der Waals surface area contributed by atoms with E-state index < -0.39 is 5.25 Å². The average Bonchev–Trinajstić information content (AvgIpc) is 3.08. The molecule has 130 valence electrons. The van der Waals surface area contributed by atoms with Crippen molar-refractivity contribution >= 4 is 52.2 Å². The summed E-state index contributed by atoms with van der Waals surface area (Å²) in [6.45, 7) is 4.72. The van der Waals surface area contributed by atoms with Crippen molar-refractivity contribution in [1.29, 1.82) is 0 Å². The van der Waals surface area contributed by atoms with Crippen molar-refractivity contribution in [2.75, 3.05) is 11.9 Å². The van der Waals surface area contributed by atoms with Crippen molar-refractivity contribution in [2.45, 2.75) is 23.1 Å². The fourth-order valence-corrected chi connectivity index (χ4v) is 4.52. The number of nitrogens with one attached hydrogen (secondary N) is 1. The highest BCUT2D eigenvalue weighted by Crippen LogP contribution is 2.38. The zero-order valence-electron chi connectivity index (χ0n) is 13.4. The molecule has 2 heterocycles. The minimum Gasteiger partial charge on any atom is -0.334 e. The molecule has 0 radical (unpaired) electrons. The zero-order chi connectivity index (χ0) is 17.8. The number of fused-ring (bicyclic) bond motifs is 1. The molecule has 0 spiro atoms. The number of carbonyl (C=O) groups excluding carboxylic acids is 2. The van der Waals surface area contributed by atoms with E-state index in [1.54, 1.807) is 34.4 Å². The lowest BCUT2D eigenvalue weighted by atomic mass is 10.2. The molecule has 0 fully saturated rings. The second-order valence-corrected chi connectivity index (χ2v) is 8.30. The molecule has 2 aromatic rings. The Balaban J connectivity index is 1.69. The number of hydrogen-bond acceptors (Lipinski definition) is 4. The molecule has 7 heteroatoms. The second-order valence-electron chi connectivity index (χ2n) is 5.58. The van der Waals surface area contributed by atoms with Crippen molar-refractivity contribution in [2.24, 2.45) is 0 Å². The van der Waals surface area contributed by atoms with Gasteiger partial charge >= 0.3 is 0 Å². The number of carbonyl (C=O) groups is 2. The first-order chi connectivity index (χ1) is 12.1. The molecule has 1 unspecified atom stereocenters. The van der Waals surface area contributed by atoms with Crippen LogP contribution in [0.5, 0.6) is 0 Å². The lowest BCUT2D eigenvalue weighted by molar-refractivity contribution is -0.132. The number of thioether (sulfide) groups is 1. The monoisotopic (exact) mass is 392 g/mol. The summed E-state index contributed by atoms with van der Waals surface area (Å²) in [7, 11) is 0. The van der Waals surface area contributed by atoms with Gasteiger partial charge in [-0.2, -0.15) is 0 Å². The topological polar surface area (TPSA) is 49.4 Å². The number of thiophene rings is 1. The average molecular weight is 393 g/mol. The summed E-state index contributed by atoms with van der Waals surface area (Å²) in [4.78, 5) is 28.8. The van der Waals surface area contributed by atoms with Crippen LogP contribution in [0.3, 0.4) is 0 Å². The Bertz CT molecular complexity index is 792. The Hall–Kier alpha value is -1.76. The van der Waals surface area contributed by atoms with Crippen LogP contribution in [0.15, 0.2) is 53.3 Å². The van der Waals surface area contributed by atoms with Crippen LogP contribution in [0.4, 0.5) is 5.69 Å². The quantitative estimate of drug-likeness (QED) is 0.740. The molecule has 2 amide bonds. The third-order valence-electron chi connectivity index (χ3n) is 3.75. The van der Waals surface area contributed by atoms with Gasteiger partial charge in [0.05, 0.1) is 17.5 Å². The van der Waals surface area contributed by atoms with Crippen LogP contribution in [-0.2, 0) is 16.1 Å². The van der Waals surface area contributed by atoms with Gasteiger partial charge in [0.1, 0.15) is 0 Å². The summed E-state index contributed by atoms with van der Waals surface area (Å²) in [5.41, 5.74) is 0.702. The van der Waals surface area contributed by atoms with Crippen LogP contribution in [0.25, 0.3) is 0 Å². The first-order valence-corrected chi connectivity index (χ1v) is 9.88. The molecule has 3 rings (SSSR count). The summed E-state index contributed by atoms with van der Waals surface area (Å²) >= 11 is 8.97. The third-order valence-corrected chi connectivity index (χ3v) is 6.12. The van der Waals surface area contributed by atoms with E-state index in [-0.39, 0.29) is 18.2 Å². The van der Waals surface area contributed by atoms with E-state index in [2.05, 4.69) is 11.9 Å². The standard InChI is InChI=1S/C18H17ClN2O2S2/c1-2-7-21(11-13-4-3-8-24-13)17(22)10-16-18(23)20-14-9-12(19)5-6-15(14)25-16/h2-6,8-9,16H,1,7,10-11H2,(H,20,23). The van der Waals surface area contributed by atoms with Crippen molar-refractivity contribution in [1.82, 2.24) is 4.90 Å². The van der Waals surface area contributed by atoms with Gasteiger partial charge < -0.3 is 10.2 Å². The number of anilines is 1. The molecule has 4 nitrogen and oxygen atoms in total. The van der Waals surface area contributed by atoms with Crippen LogP contribution in [-0.4, -0.2) is 28.5 Å². The first-order valence-electron chi connectivity index (χ1n) is 7.75. The number of rotatable bonds is 6. The molecule has 1 N–H and O–H groups in total. The van der Waals surface area contributed by atoms with Crippen LogP contribution in [0.2, 0.25) is 5.02 Å².